The predicted octanol–water partition coefficient (Wildman–Crippen LogP) is 3.72. The van der Waals surface area contributed by atoms with Gasteiger partial charge in [-0.15, -0.1) is 0 Å². The summed E-state index contributed by atoms with van der Waals surface area (Å²) in [4.78, 5) is 16.5. The van der Waals surface area contributed by atoms with Crippen molar-refractivity contribution >= 4 is 17.7 Å². The molecular weight excluding hydrogens is 322 g/mol. The number of carbonyl (C=O) groups excluding carboxylic acids is 1. The van der Waals surface area contributed by atoms with Gasteiger partial charge in [-0.1, -0.05) is 18.2 Å². The Bertz CT molecular complexity index is 779. The van der Waals surface area contributed by atoms with E-state index in [2.05, 4.69) is 4.90 Å². The van der Waals surface area contributed by atoms with Gasteiger partial charge in [0.25, 0.3) is 0 Å². The molecule has 25 heavy (non-hydrogen) atoms. The Morgan fingerprint density at radius 2 is 1.60 bits per heavy atom. The highest BCUT2D eigenvalue weighted by molar-refractivity contribution is 5.97. The van der Waals surface area contributed by atoms with Gasteiger partial charge in [0, 0.05) is 43.0 Å². The number of rotatable bonds is 3. The molecule has 2 aromatic rings. The van der Waals surface area contributed by atoms with E-state index in [0.717, 1.165) is 5.69 Å². The predicted molar refractivity (Wildman–Crippen MR) is 95.2 cm³/mol. The first-order valence-corrected chi connectivity index (χ1v) is 8.27. The molecule has 0 radical (unpaired) electrons. The summed E-state index contributed by atoms with van der Waals surface area (Å²) >= 11 is 0. The van der Waals surface area contributed by atoms with Gasteiger partial charge in [0.1, 0.15) is 11.6 Å². The van der Waals surface area contributed by atoms with E-state index in [1.54, 1.807) is 48.2 Å². The van der Waals surface area contributed by atoms with Crippen LogP contribution in [0.5, 0.6) is 0 Å². The number of benzene rings is 2. The number of halogens is 2. The van der Waals surface area contributed by atoms with Gasteiger partial charge in [0.2, 0.25) is 5.91 Å². The summed E-state index contributed by atoms with van der Waals surface area (Å²) in [5, 5.41) is 0. The number of amides is 1. The molecule has 1 aliphatic heterocycles. The quantitative estimate of drug-likeness (QED) is 0.794. The fourth-order valence-electron chi connectivity index (χ4n) is 2.96. The molecule has 1 fully saturated rings. The van der Waals surface area contributed by atoms with Crippen LogP contribution in [0.4, 0.5) is 14.5 Å². The van der Waals surface area contributed by atoms with E-state index in [9.17, 15) is 13.6 Å². The van der Waals surface area contributed by atoms with Gasteiger partial charge in [-0.2, -0.15) is 0 Å². The second-order valence-corrected chi connectivity index (χ2v) is 6.10. The Morgan fingerprint density at radius 3 is 2.24 bits per heavy atom. The molecule has 130 valence electrons. The Labute approximate surface area is 146 Å². The first kappa shape index (κ1) is 17.1. The number of carbonyl (C=O) groups is 1. The zero-order valence-electron chi connectivity index (χ0n) is 14.1. The van der Waals surface area contributed by atoms with E-state index in [1.807, 2.05) is 0 Å². The standard InChI is InChI=1S/C20H20F2N2O/c1-15(14-16-4-2-3-5-19(16)22)20(25)24-12-10-23(11-13-24)18-8-6-17(21)7-9-18/h2-9,14H,10-13H2,1H3/b15-14+. The number of hydrogen-bond donors (Lipinski definition) is 0. The smallest absolute Gasteiger partial charge is 0.249 e. The molecule has 0 bridgehead atoms. The van der Waals surface area contributed by atoms with Crippen LogP contribution in [0.2, 0.25) is 0 Å². The largest absolute Gasteiger partial charge is 0.368 e. The molecule has 1 saturated heterocycles. The van der Waals surface area contributed by atoms with Crippen molar-refractivity contribution in [1.82, 2.24) is 4.90 Å². The van der Waals surface area contributed by atoms with E-state index >= 15 is 0 Å². The number of anilines is 1. The molecule has 3 rings (SSSR count). The van der Waals surface area contributed by atoms with Crippen LogP contribution in [0.15, 0.2) is 54.1 Å². The SMILES string of the molecule is C/C(=C\c1ccccc1F)C(=O)N1CCN(c2ccc(F)cc2)CC1. The molecule has 2 aromatic carbocycles. The summed E-state index contributed by atoms with van der Waals surface area (Å²) in [6.07, 6.45) is 1.59. The fraction of sp³-hybridized carbons (Fsp3) is 0.250. The summed E-state index contributed by atoms with van der Waals surface area (Å²) in [5.74, 6) is -0.677. The summed E-state index contributed by atoms with van der Waals surface area (Å²) in [6, 6.07) is 12.8. The van der Waals surface area contributed by atoms with Crippen LogP contribution in [0.3, 0.4) is 0 Å². The van der Waals surface area contributed by atoms with Gasteiger partial charge in [0.05, 0.1) is 0 Å². The number of hydrogen-bond acceptors (Lipinski definition) is 2. The molecule has 0 aliphatic carbocycles. The van der Waals surface area contributed by atoms with Crippen LogP contribution in [0.25, 0.3) is 6.08 Å². The van der Waals surface area contributed by atoms with Crippen molar-refractivity contribution < 1.29 is 13.6 Å². The maximum absolute atomic E-state index is 13.7. The lowest BCUT2D eigenvalue weighted by Gasteiger charge is -2.36. The highest BCUT2D eigenvalue weighted by atomic mass is 19.1. The van der Waals surface area contributed by atoms with Gasteiger partial charge in [-0.3, -0.25) is 4.79 Å². The van der Waals surface area contributed by atoms with Gasteiger partial charge in [-0.25, -0.2) is 8.78 Å². The molecule has 0 saturated carbocycles. The van der Waals surface area contributed by atoms with E-state index in [0.29, 0.717) is 37.3 Å². The Morgan fingerprint density at radius 1 is 0.960 bits per heavy atom. The van der Waals surface area contributed by atoms with Crippen molar-refractivity contribution in [3.05, 3.63) is 71.3 Å². The van der Waals surface area contributed by atoms with E-state index < -0.39 is 0 Å². The van der Waals surface area contributed by atoms with Crippen LogP contribution in [-0.4, -0.2) is 37.0 Å². The third kappa shape index (κ3) is 4.05. The number of piperazine rings is 1. The van der Waals surface area contributed by atoms with Crippen LogP contribution < -0.4 is 4.90 Å². The monoisotopic (exact) mass is 342 g/mol. The maximum Gasteiger partial charge on any atom is 0.249 e. The van der Waals surface area contributed by atoms with Gasteiger partial charge in [0.15, 0.2) is 0 Å². The third-order valence-corrected chi connectivity index (χ3v) is 4.37. The second kappa shape index (κ2) is 7.47. The van der Waals surface area contributed by atoms with Crippen LogP contribution in [0, 0.1) is 11.6 Å². The summed E-state index contributed by atoms with van der Waals surface area (Å²) in [7, 11) is 0. The molecule has 0 N–H and O–H groups in total. The normalized spacial score (nSPS) is 15.4. The van der Waals surface area contributed by atoms with Crippen LogP contribution >= 0.6 is 0 Å². The summed E-state index contributed by atoms with van der Waals surface area (Å²) in [5.41, 5.74) is 1.88. The fourth-order valence-corrected chi connectivity index (χ4v) is 2.96. The molecule has 0 unspecified atom stereocenters. The van der Waals surface area contributed by atoms with Crippen molar-refractivity contribution in [3.63, 3.8) is 0 Å². The first-order valence-electron chi connectivity index (χ1n) is 8.27. The highest BCUT2D eigenvalue weighted by Crippen LogP contribution is 2.18. The Hall–Kier alpha value is -2.69. The highest BCUT2D eigenvalue weighted by Gasteiger charge is 2.22. The lowest BCUT2D eigenvalue weighted by Crippen LogP contribution is -2.49. The Kier molecular flexibility index (Phi) is 5.12. The lowest BCUT2D eigenvalue weighted by atomic mass is 10.1. The van der Waals surface area contributed by atoms with Crippen molar-refractivity contribution in [3.8, 4) is 0 Å². The van der Waals surface area contributed by atoms with Crippen LogP contribution in [0.1, 0.15) is 12.5 Å². The van der Waals surface area contributed by atoms with Crippen molar-refractivity contribution in [2.24, 2.45) is 0 Å². The third-order valence-electron chi connectivity index (χ3n) is 4.37. The van der Waals surface area contributed by atoms with Crippen molar-refractivity contribution in [2.45, 2.75) is 6.92 Å². The molecule has 5 heteroatoms. The van der Waals surface area contributed by atoms with E-state index in [4.69, 9.17) is 0 Å². The molecule has 0 atom stereocenters. The summed E-state index contributed by atoms with van der Waals surface area (Å²) in [6.45, 7) is 4.24. The zero-order valence-corrected chi connectivity index (χ0v) is 14.1. The molecule has 3 nitrogen and oxygen atoms in total. The summed E-state index contributed by atoms with van der Waals surface area (Å²) < 4.78 is 26.7. The second-order valence-electron chi connectivity index (χ2n) is 6.10. The molecule has 1 aliphatic rings. The number of nitrogens with zero attached hydrogens (tertiary/aromatic N) is 2. The first-order chi connectivity index (χ1) is 12.0. The maximum atomic E-state index is 13.7. The van der Waals surface area contributed by atoms with Crippen LogP contribution in [-0.2, 0) is 4.79 Å². The average Bonchev–Trinajstić information content (AvgIpc) is 2.64. The molecule has 0 spiro atoms. The van der Waals surface area contributed by atoms with E-state index in [1.165, 1.54) is 18.2 Å². The average molecular weight is 342 g/mol. The van der Waals surface area contributed by atoms with Crippen molar-refractivity contribution in [1.29, 1.82) is 0 Å². The lowest BCUT2D eigenvalue weighted by molar-refractivity contribution is -0.127. The molecule has 1 heterocycles. The minimum Gasteiger partial charge on any atom is -0.368 e. The minimum atomic E-state index is -0.337. The molecular formula is C20H20F2N2O. The molecule has 0 aromatic heterocycles. The topological polar surface area (TPSA) is 23.6 Å². The Balaban J connectivity index is 1.63. The van der Waals surface area contributed by atoms with Gasteiger partial charge in [-0.05, 0) is 43.3 Å². The van der Waals surface area contributed by atoms with E-state index in [-0.39, 0.29) is 17.5 Å². The van der Waals surface area contributed by atoms with Gasteiger partial charge < -0.3 is 9.80 Å². The van der Waals surface area contributed by atoms with Gasteiger partial charge >= 0.3 is 0 Å². The zero-order chi connectivity index (χ0) is 17.8. The minimum absolute atomic E-state index is 0.0815. The molecule has 1 amide bonds. The van der Waals surface area contributed by atoms with Crippen molar-refractivity contribution in [2.75, 3.05) is 31.1 Å².